The third kappa shape index (κ3) is 7.49. The molecule has 3 fully saturated rings. The van der Waals surface area contributed by atoms with Crippen LogP contribution in [-0.4, -0.2) is 84.4 Å². The average Bonchev–Trinajstić information content (AvgIpc) is 2.91. The quantitative estimate of drug-likeness (QED) is 0.186. The minimum atomic E-state index is -1.98. The Kier molecular flexibility index (Phi) is 13.8. The molecule has 0 radical (unpaired) electrons. The molecule has 2 unspecified atom stereocenters. The molecule has 0 amide bonds. The van der Waals surface area contributed by atoms with E-state index in [2.05, 4.69) is 87.5 Å². The molecule has 2 atom stereocenters. The van der Waals surface area contributed by atoms with Crippen LogP contribution in [0.1, 0.15) is 153 Å². The van der Waals surface area contributed by atoms with Gasteiger partial charge in [-0.3, -0.25) is 0 Å². The van der Waals surface area contributed by atoms with Crippen molar-refractivity contribution >= 4 is 16.8 Å². The number of hydrogen-bond acceptors (Lipinski definition) is 4. The van der Waals surface area contributed by atoms with E-state index < -0.39 is 16.8 Å². The van der Waals surface area contributed by atoms with Gasteiger partial charge in [0.25, 0.3) is 0 Å². The normalized spacial score (nSPS) is 28.1. The summed E-state index contributed by atoms with van der Waals surface area (Å²) in [6.07, 6.45) is 18.5. The lowest BCUT2D eigenvalue weighted by atomic mass is 9.95. The van der Waals surface area contributed by atoms with Crippen molar-refractivity contribution in [3.8, 4) is 0 Å². The van der Waals surface area contributed by atoms with Crippen LogP contribution >= 0.6 is 0 Å². The summed E-state index contributed by atoms with van der Waals surface area (Å²) in [7, 11) is -3.95. The average molecular weight is 593 g/mol. The fourth-order valence-corrected chi connectivity index (χ4v) is 28.7. The lowest BCUT2D eigenvalue weighted by Crippen LogP contribution is -2.81. The predicted molar refractivity (Wildman–Crippen MR) is 183 cm³/mol. The molecule has 0 aromatic rings. The van der Waals surface area contributed by atoms with Crippen molar-refractivity contribution in [1.29, 1.82) is 0 Å². The Morgan fingerprint density at radius 3 is 1.12 bits per heavy atom. The first-order valence-corrected chi connectivity index (χ1v) is 22.8. The molecular weight excluding hydrogens is 521 g/mol. The van der Waals surface area contributed by atoms with Gasteiger partial charge in [-0.05, 0) is 93.5 Å². The summed E-state index contributed by atoms with van der Waals surface area (Å²) in [6.45, 7) is 28.0. The molecule has 0 bridgehead atoms. The maximum Gasteiger partial charge on any atom is 0.207 e. The van der Waals surface area contributed by atoms with Crippen LogP contribution in [0.5, 0.6) is 0 Å². The fraction of sp³-hybridized carbons (Fsp3) is 1.00. The second-order valence-corrected chi connectivity index (χ2v) is 23.7. The highest BCUT2D eigenvalue weighted by Crippen LogP contribution is 2.48. The molecule has 2 aliphatic carbocycles. The molecule has 3 rings (SSSR count). The van der Waals surface area contributed by atoms with Gasteiger partial charge >= 0.3 is 0 Å². The van der Waals surface area contributed by atoms with Crippen LogP contribution in [0.25, 0.3) is 0 Å². The molecule has 0 aromatic carbocycles. The van der Waals surface area contributed by atoms with Crippen molar-refractivity contribution in [1.82, 2.24) is 18.3 Å². The predicted octanol–water partition coefficient (Wildman–Crippen LogP) is 9.14. The van der Waals surface area contributed by atoms with E-state index >= 15 is 0 Å². The minimum absolute atomic E-state index is 0.641. The van der Waals surface area contributed by atoms with E-state index in [-0.39, 0.29) is 0 Å². The monoisotopic (exact) mass is 593 g/mol. The molecule has 40 heavy (non-hydrogen) atoms. The zero-order valence-corrected chi connectivity index (χ0v) is 31.0. The van der Waals surface area contributed by atoms with E-state index in [9.17, 15) is 0 Å². The molecule has 1 heterocycles. The van der Waals surface area contributed by atoms with Crippen molar-refractivity contribution in [3.05, 3.63) is 0 Å². The fourth-order valence-electron chi connectivity index (χ4n) is 10.1. The van der Waals surface area contributed by atoms with Crippen molar-refractivity contribution in [2.45, 2.75) is 207 Å². The summed E-state index contributed by atoms with van der Waals surface area (Å²) in [5.74, 6) is 0. The van der Waals surface area contributed by atoms with Crippen LogP contribution in [0, 0.1) is 0 Å². The highest BCUT2D eigenvalue weighted by molar-refractivity contribution is 6.93. The van der Waals surface area contributed by atoms with E-state index in [0.717, 1.165) is 12.1 Å². The zero-order valence-electron chi connectivity index (χ0n) is 29.0. The summed E-state index contributed by atoms with van der Waals surface area (Å²) in [4.78, 5) is 0. The van der Waals surface area contributed by atoms with Gasteiger partial charge in [0.15, 0.2) is 0 Å². The van der Waals surface area contributed by atoms with Gasteiger partial charge in [-0.15, -0.1) is 0 Å². The molecule has 236 valence electrons. The maximum atomic E-state index is 3.31. The van der Waals surface area contributed by atoms with Crippen LogP contribution in [0.4, 0.5) is 0 Å². The van der Waals surface area contributed by atoms with Gasteiger partial charge in [0.1, 0.15) is 0 Å². The first kappa shape index (κ1) is 34.8. The Bertz CT molecular complexity index is 661. The summed E-state index contributed by atoms with van der Waals surface area (Å²) in [6, 6.07) is 7.21. The van der Waals surface area contributed by atoms with Crippen LogP contribution < -0.4 is 0 Å². The Balaban J connectivity index is 2.27. The lowest BCUT2D eigenvalue weighted by molar-refractivity contribution is 0.157. The lowest BCUT2D eigenvalue weighted by Gasteiger charge is -2.65. The van der Waals surface area contributed by atoms with Gasteiger partial charge in [-0.1, -0.05) is 114 Å². The summed E-state index contributed by atoms with van der Waals surface area (Å²) >= 11 is 0. The summed E-state index contributed by atoms with van der Waals surface area (Å²) < 4.78 is 13.0. The van der Waals surface area contributed by atoms with Gasteiger partial charge in [0.2, 0.25) is 16.8 Å². The van der Waals surface area contributed by atoms with Gasteiger partial charge in [0, 0.05) is 12.1 Å². The molecule has 6 heteroatoms. The molecule has 0 spiro atoms. The Labute approximate surface area is 254 Å². The van der Waals surface area contributed by atoms with Gasteiger partial charge in [0.05, 0.1) is 0 Å². The van der Waals surface area contributed by atoms with E-state index in [1.165, 1.54) is 109 Å². The van der Waals surface area contributed by atoms with Crippen molar-refractivity contribution < 1.29 is 0 Å². The molecule has 1 aliphatic heterocycles. The molecule has 0 aromatic heterocycles. The second-order valence-electron chi connectivity index (χ2n) is 15.2. The molecule has 4 nitrogen and oxygen atoms in total. The van der Waals surface area contributed by atoms with Crippen LogP contribution in [0.3, 0.4) is 0 Å². The van der Waals surface area contributed by atoms with Gasteiger partial charge in [-0.2, -0.15) is 0 Å². The number of hydrogen-bond donors (Lipinski definition) is 0. The topological polar surface area (TPSA) is 13.0 Å². The third-order valence-electron chi connectivity index (χ3n) is 11.0. The maximum absolute atomic E-state index is 3.31. The molecule has 1 saturated heterocycles. The molecular formula is C34H72N4Si2. The van der Waals surface area contributed by atoms with E-state index in [0.29, 0.717) is 24.2 Å². The Morgan fingerprint density at radius 2 is 0.850 bits per heavy atom. The molecule has 3 aliphatic rings. The van der Waals surface area contributed by atoms with Crippen molar-refractivity contribution in [2.75, 3.05) is 13.1 Å². The minimum Gasteiger partial charge on any atom is -0.309 e. The van der Waals surface area contributed by atoms with Gasteiger partial charge < -0.3 is 18.3 Å². The van der Waals surface area contributed by atoms with E-state index in [1.54, 1.807) is 5.67 Å². The SMILES string of the molecule is CCCN(C(C)C)[Si]1(N(C(C)C)C2CCCCC2)CCC[Si](N(CCC)C(C)C)(N(C(C)C)C2CCCCC2)C1. The van der Waals surface area contributed by atoms with Crippen LogP contribution in [0.15, 0.2) is 0 Å². The highest BCUT2D eigenvalue weighted by atomic mass is 28.4. The Morgan fingerprint density at radius 1 is 0.500 bits per heavy atom. The van der Waals surface area contributed by atoms with Crippen molar-refractivity contribution in [2.24, 2.45) is 0 Å². The first-order valence-electron chi connectivity index (χ1n) is 18.2. The standard InChI is InChI=1S/C34H72N4Si2/c1-11-24-35(29(3)4)39(37(31(7)8)33-20-15-13-16-21-33)26-19-27-40(28-39,36(25-12-2)30(5)6)38(32(9)10)34-22-17-14-18-23-34/h29-34H,11-28H2,1-10H3. The second kappa shape index (κ2) is 15.8. The van der Waals surface area contributed by atoms with E-state index in [1.807, 2.05) is 0 Å². The molecule has 2 saturated carbocycles. The first-order chi connectivity index (χ1) is 19.1. The highest BCUT2D eigenvalue weighted by Gasteiger charge is 2.62. The van der Waals surface area contributed by atoms with Crippen LogP contribution in [0.2, 0.25) is 17.8 Å². The summed E-state index contributed by atoms with van der Waals surface area (Å²) in [5.41, 5.74) is 1.56. The number of nitrogens with zero attached hydrogens (tertiary/aromatic N) is 4. The third-order valence-corrected chi connectivity index (χ3v) is 25.1. The van der Waals surface area contributed by atoms with Gasteiger partial charge in [-0.25, -0.2) is 0 Å². The number of rotatable bonds is 14. The Hall–Kier alpha value is 0.274. The van der Waals surface area contributed by atoms with Crippen molar-refractivity contribution in [3.63, 3.8) is 0 Å². The molecule has 0 N–H and O–H groups in total. The van der Waals surface area contributed by atoms with E-state index in [4.69, 9.17) is 0 Å². The van der Waals surface area contributed by atoms with Crippen LogP contribution in [-0.2, 0) is 0 Å². The largest absolute Gasteiger partial charge is 0.309 e. The smallest absolute Gasteiger partial charge is 0.207 e. The zero-order chi connectivity index (χ0) is 29.5. The summed E-state index contributed by atoms with van der Waals surface area (Å²) in [5, 5.41) is 0.